The van der Waals surface area contributed by atoms with E-state index >= 15 is 0 Å². The van der Waals surface area contributed by atoms with E-state index in [0.29, 0.717) is 30.1 Å². The maximum atomic E-state index is 6.01. The van der Waals surface area contributed by atoms with Crippen LogP contribution in [0.3, 0.4) is 0 Å². The predicted molar refractivity (Wildman–Crippen MR) is 78.1 cm³/mol. The fourth-order valence-electron chi connectivity index (χ4n) is 3.26. The number of rotatable bonds is 4. The van der Waals surface area contributed by atoms with E-state index in [-0.39, 0.29) is 0 Å². The zero-order valence-corrected chi connectivity index (χ0v) is 12.9. The van der Waals surface area contributed by atoms with Crippen molar-refractivity contribution in [1.82, 2.24) is 5.32 Å². The third-order valence-corrected chi connectivity index (χ3v) is 5.22. The Bertz CT molecular complexity index is 390. The summed E-state index contributed by atoms with van der Waals surface area (Å²) in [6, 6.07) is 2.70. The van der Waals surface area contributed by atoms with E-state index in [4.69, 9.17) is 4.74 Å². The molecule has 1 fully saturated rings. The SMILES string of the molecule is CCNC(c1ccsc1C)C1C(C)OC(C)C1C. The molecule has 5 atom stereocenters. The van der Waals surface area contributed by atoms with Crippen molar-refractivity contribution in [3.8, 4) is 0 Å². The smallest absolute Gasteiger partial charge is 0.0600 e. The molecular weight excluding hydrogens is 242 g/mol. The Morgan fingerprint density at radius 1 is 1.33 bits per heavy atom. The molecule has 1 saturated heterocycles. The summed E-state index contributed by atoms with van der Waals surface area (Å²) in [5, 5.41) is 5.87. The number of hydrogen-bond donors (Lipinski definition) is 1. The highest BCUT2D eigenvalue weighted by Crippen LogP contribution is 2.42. The van der Waals surface area contributed by atoms with E-state index in [1.54, 1.807) is 0 Å². The molecule has 0 aliphatic carbocycles. The fraction of sp³-hybridized carbons (Fsp3) is 0.733. The minimum absolute atomic E-state index is 0.332. The lowest BCUT2D eigenvalue weighted by atomic mass is 9.80. The van der Waals surface area contributed by atoms with Gasteiger partial charge in [-0.2, -0.15) is 0 Å². The molecule has 102 valence electrons. The van der Waals surface area contributed by atoms with Crippen LogP contribution in [0.5, 0.6) is 0 Å². The standard InChI is InChI=1S/C15H25NOS/c1-6-16-15(13-7-8-18-12(13)5)14-9(2)10(3)17-11(14)4/h7-11,14-16H,6H2,1-5H3. The molecule has 0 spiro atoms. The molecule has 2 rings (SSSR count). The maximum absolute atomic E-state index is 6.01. The third-order valence-electron chi connectivity index (χ3n) is 4.36. The van der Waals surface area contributed by atoms with Gasteiger partial charge >= 0.3 is 0 Å². The molecule has 2 heterocycles. The lowest BCUT2D eigenvalue weighted by molar-refractivity contribution is 0.0475. The Hall–Kier alpha value is -0.380. The normalized spacial score (nSPS) is 33.8. The van der Waals surface area contributed by atoms with E-state index in [1.807, 2.05) is 11.3 Å². The lowest BCUT2D eigenvalue weighted by Crippen LogP contribution is -2.35. The van der Waals surface area contributed by atoms with Crippen molar-refractivity contribution in [2.45, 2.75) is 52.9 Å². The van der Waals surface area contributed by atoms with Crippen molar-refractivity contribution >= 4 is 11.3 Å². The minimum Gasteiger partial charge on any atom is -0.375 e. The molecule has 0 bridgehead atoms. The molecular formula is C15H25NOS. The topological polar surface area (TPSA) is 21.3 Å². The molecule has 1 aliphatic heterocycles. The van der Waals surface area contributed by atoms with Crippen molar-refractivity contribution in [3.05, 3.63) is 21.9 Å². The van der Waals surface area contributed by atoms with Crippen LogP contribution in [0.15, 0.2) is 11.4 Å². The summed E-state index contributed by atoms with van der Waals surface area (Å²) in [6.45, 7) is 12.2. The van der Waals surface area contributed by atoms with Gasteiger partial charge in [0.25, 0.3) is 0 Å². The first-order valence-electron chi connectivity index (χ1n) is 6.99. The van der Waals surface area contributed by atoms with Crippen LogP contribution < -0.4 is 5.32 Å². The molecule has 1 aliphatic rings. The van der Waals surface area contributed by atoms with E-state index in [1.165, 1.54) is 10.4 Å². The minimum atomic E-state index is 0.332. The van der Waals surface area contributed by atoms with E-state index in [2.05, 4.69) is 51.4 Å². The Morgan fingerprint density at radius 2 is 2.06 bits per heavy atom. The van der Waals surface area contributed by atoms with Gasteiger partial charge in [-0.1, -0.05) is 13.8 Å². The molecule has 0 radical (unpaired) electrons. The molecule has 1 N–H and O–H groups in total. The first kappa shape index (κ1) is 14.0. The summed E-state index contributed by atoms with van der Waals surface area (Å²) in [4.78, 5) is 1.43. The largest absolute Gasteiger partial charge is 0.375 e. The van der Waals surface area contributed by atoms with E-state index in [9.17, 15) is 0 Å². The summed E-state index contributed by atoms with van der Waals surface area (Å²) in [5.74, 6) is 1.16. The maximum Gasteiger partial charge on any atom is 0.0600 e. The second kappa shape index (κ2) is 5.72. The summed E-state index contributed by atoms with van der Waals surface area (Å²) in [6.07, 6.45) is 0.698. The van der Waals surface area contributed by atoms with Crippen molar-refractivity contribution < 1.29 is 4.74 Å². The highest BCUT2D eigenvalue weighted by atomic mass is 32.1. The molecule has 3 heteroatoms. The Morgan fingerprint density at radius 3 is 2.50 bits per heavy atom. The summed E-state index contributed by atoms with van der Waals surface area (Å²) in [5.41, 5.74) is 1.46. The summed E-state index contributed by atoms with van der Waals surface area (Å²) >= 11 is 1.84. The van der Waals surface area contributed by atoms with Gasteiger partial charge in [-0.3, -0.25) is 0 Å². The number of aryl methyl sites for hydroxylation is 1. The molecule has 0 amide bonds. The van der Waals surface area contributed by atoms with Crippen LogP contribution in [0.1, 0.15) is 44.2 Å². The van der Waals surface area contributed by atoms with Crippen LogP contribution in [0, 0.1) is 18.8 Å². The van der Waals surface area contributed by atoms with Gasteiger partial charge in [-0.25, -0.2) is 0 Å². The van der Waals surface area contributed by atoms with Crippen LogP contribution in [0.4, 0.5) is 0 Å². The second-order valence-corrected chi connectivity index (χ2v) is 6.57. The van der Waals surface area contributed by atoms with E-state index < -0.39 is 0 Å². The Balaban J connectivity index is 2.28. The molecule has 1 aromatic heterocycles. The average molecular weight is 267 g/mol. The summed E-state index contributed by atoms with van der Waals surface area (Å²) < 4.78 is 6.01. The number of ether oxygens (including phenoxy) is 1. The van der Waals surface area contributed by atoms with Gasteiger partial charge in [0.2, 0.25) is 0 Å². The van der Waals surface area contributed by atoms with Crippen LogP contribution in [-0.4, -0.2) is 18.8 Å². The van der Waals surface area contributed by atoms with Crippen molar-refractivity contribution in [3.63, 3.8) is 0 Å². The average Bonchev–Trinajstić information content (AvgIpc) is 2.83. The Kier molecular flexibility index (Phi) is 4.46. The molecule has 0 saturated carbocycles. The predicted octanol–water partition coefficient (Wildman–Crippen LogP) is 3.77. The zero-order chi connectivity index (χ0) is 13.3. The molecule has 1 aromatic rings. The zero-order valence-electron chi connectivity index (χ0n) is 12.1. The van der Waals surface area contributed by atoms with Gasteiger partial charge in [0.05, 0.1) is 12.2 Å². The quantitative estimate of drug-likeness (QED) is 0.896. The van der Waals surface area contributed by atoms with Gasteiger partial charge < -0.3 is 10.1 Å². The summed E-state index contributed by atoms with van der Waals surface area (Å²) in [7, 11) is 0. The van der Waals surface area contributed by atoms with Gasteiger partial charge in [0.1, 0.15) is 0 Å². The van der Waals surface area contributed by atoms with Gasteiger partial charge in [-0.05, 0) is 50.2 Å². The number of thiophene rings is 1. The van der Waals surface area contributed by atoms with Crippen LogP contribution >= 0.6 is 11.3 Å². The van der Waals surface area contributed by atoms with Crippen LogP contribution in [-0.2, 0) is 4.74 Å². The van der Waals surface area contributed by atoms with Gasteiger partial charge in [0, 0.05) is 16.8 Å². The highest BCUT2D eigenvalue weighted by Gasteiger charge is 2.42. The van der Waals surface area contributed by atoms with Crippen molar-refractivity contribution in [1.29, 1.82) is 0 Å². The highest BCUT2D eigenvalue weighted by molar-refractivity contribution is 7.10. The van der Waals surface area contributed by atoms with Crippen molar-refractivity contribution in [2.75, 3.05) is 6.54 Å². The third kappa shape index (κ3) is 2.49. The monoisotopic (exact) mass is 267 g/mol. The van der Waals surface area contributed by atoms with Gasteiger partial charge in [0.15, 0.2) is 0 Å². The fourth-order valence-corrected chi connectivity index (χ4v) is 4.01. The number of nitrogens with one attached hydrogen (secondary N) is 1. The molecule has 5 unspecified atom stereocenters. The molecule has 0 aromatic carbocycles. The first-order valence-corrected chi connectivity index (χ1v) is 7.87. The van der Waals surface area contributed by atoms with Gasteiger partial charge in [-0.15, -0.1) is 11.3 Å². The molecule has 18 heavy (non-hydrogen) atoms. The molecule has 2 nitrogen and oxygen atoms in total. The number of hydrogen-bond acceptors (Lipinski definition) is 3. The van der Waals surface area contributed by atoms with Crippen LogP contribution in [0.2, 0.25) is 0 Å². The van der Waals surface area contributed by atoms with Crippen molar-refractivity contribution in [2.24, 2.45) is 11.8 Å². The Labute approximate surface area is 115 Å². The van der Waals surface area contributed by atoms with Crippen LogP contribution in [0.25, 0.3) is 0 Å². The lowest BCUT2D eigenvalue weighted by Gasteiger charge is -2.30. The first-order chi connectivity index (χ1) is 8.56. The second-order valence-electron chi connectivity index (χ2n) is 5.45. The van der Waals surface area contributed by atoms with E-state index in [0.717, 1.165) is 6.54 Å².